The Balaban J connectivity index is 0.00000149. The number of aliphatic imine (C=N–C) groups is 1. The summed E-state index contributed by atoms with van der Waals surface area (Å²) in [5.74, 6) is 1.54. The van der Waals surface area contributed by atoms with Gasteiger partial charge in [0.2, 0.25) is 0 Å². The molecule has 0 bridgehead atoms. The van der Waals surface area contributed by atoms with Crippen molar-refractivity contribution in [3.05, 3.63) is 53.1 Å². The minimum Gasteiger partial charge on any atom is -0.455 e. The van der Waals surface area contributed by atoms with Gasteiger partial charge in [0, 0.05) is 57.4 Å². The fourth-order valence-electron chi connectivity index (χ4n) is 3.85. The maximum absolute atomic E-state index is 6.13. The minimum atomic E-state index is 0.709. The monoisotopic (exact) mass is 472 g/mol. The predicted molar refractivity (Wildman–Crippen MR) is 137 cm³/mol. The van der Waals surface area contributed by atoms with Gasteiger partial charge in [0.25, 0.3) is 0 Å². The van der Waals surface area contributed by atoms with Crippen LogP contribution in [-0.2, 0) is 4.74 Å². The first-order chi connectivity index (χ1) is 16.2. The van der Waals surface area contributed by atoms with Gasteiger partial charge in [0.15, 0.2) is 5.75 Å². The van der Waals surface area contributed by atoms with Crippen molar-refractivity contribution in [2.45, 2.75) is 20.8 Å². The van der Waals surface area contributed by atoms with Gasteiger partial charge >= 0.3 is 0 Å². The number of hydrogen-bond donors (Lipinski definition) is 0. The number of hydrogen-bond acceptors (Lipinski definition) is 5. The number of nitrogens with zero attached hydrogens (tertiary/aromatic N) is 4. The summed E-state index contributed by atoms with van der Waals surface area (Å²) in [6, 6.07) is 13.5. The average molecular weight is 473 g/mol. The van der Waals surface area contributed by atoms with Crippen LogP contribution in [0.15, 0.2) is 47.5 Å². The Morgan fingerprint density at radius 1 is 0.909 bits per heavy atom. The highest BCUT2D eigenvalue weighted by Crippen LogP contribution is 2.33. The van der Waals surface area contributed by atoms with Crippen molar-refractivity contribution in [3.63, 3.8) is 0 Å². The van der Waals surface area contributed by atoms with Crippen LogP contribution in [0.1, 0.15) is 19.4 Å². The van der Waals surface area contributed by atoms with Crippen LogP contribution in [0.25, 0.3) is 0 Å². The molecule has 0 saturated carbocycles. The molecule has 7 heteroatoms. The van der Waals surface area contributed by atoms with E-state index in [1.54, 1.807) is 0 Å². The van der Waals surface area contributed by atoms with Gasteiger partial charge in [-0.05, 0) is 42.8 Å². The lowest BCUT2D eigenvalue weighted by Crippen LogP contribution is -2.48. The van der Waals surface area contributed by atoms with Gasteiger partial charge in [-0.1, -0.05) is 37.6 Å². The van der Waals surface area contributed by atoms with Gasteiger partial charge < -0.3 is 14.4 Å². The Bertz CT molecular complexity index is 878. The lowest BCUT2D eigenvalue weighted by Gasteiger charge is -2.35. The second-order valence-corrected chi connectivity index (χ2v) is 8.49. The maximum Gasteiger partial charge on any atom is 0.153 e. The van der Waals surface area contributed by atoms with Crippen LogP contribution in [-0.4, -0.2) is 86.6 Å². The van der Waals surface area contributed by atoms with Gasteiger partial charge in [-0.2, -0.15) is 0 Å². The second kappa shape index (κ2) is 13.6. The molecule has 0 amide bonds. The minimum absolute atomic E-state index is 0.709. The third-order valence-electron chi connectivity index (χ3n) is 5.83. The van der Waals surface area contributed by atoms with E-state index in [-0.39, 0.29) is 0 Å². The van der Waals surface area contributed by atoms with Crippen molar-refractivity contribution in [1.82, 2.24) is 14.7 Å². The summed E-state index contributed by atoms with van der Waals surface area (Å²) in [4.78, 5) is 12.1. The van der Waals surface area contributed by atoms with Crippen LogP contribution in [0.4, 0.5) is 5.69 Å². The molecule has 0 spiro atoms. The molecule has 6 nitrogen and oxygen atoms in total. The fraction of sp³-hybridized carbons (Fsp3) is 0.500. The number of rotatable bonds is 7. The van der Waals surface area contributed by atoms with Gasteiger partial charge in [-0.25, -0.2) is 4.99 Å². The molecule has 0 atom stereocenters. The number of benzene rings is 2. The number of para-hydroxylation sites is 2. The number of piperazine rings is 1. The first-order valence-corrected chi connectivity index (χ1v) is 12.4. The van der Waals surface area contributed by atoms with Crippen LogP contribution < -0.4 is 4.74 Å². The topological polar surface area (TPSA) is 40.5 Å². The molecule has 4 rings (SSSR count). The van der Waals surface area contributed by atoms with Crippen molar-refractivity contribution < 1.29 is 9.47 Å². The van der Waals surface area contributed by atoms with E-state index in [9.17, 15) is 0 Å². The van der Waals surface area contributed by atoms with Crippen LogP contribution in [0, 0.1) is 6.92 Å². The molecular weight excluding hydrogens is 436 g/mol. The first-order valence-electron chi connectivity index (χ1n) is 12.0. The van der Waals surface area contributed by atoms with Crippen LogP contribution in [0.2, 0.25) is 5.02 Å². The zero-order chi connectivity index (χ0) is 23.5. The molecule has 0 aliphatic carbocycles. The van der Waals surface area contributed by atoms with Gasteiger partial charge in [-0.15, -0.1) is 0 Å². The van der Waals surface area contributed by atoms with Crippen molar-refractivity contribution in [2.24, 2.45) is 4.99 Å². The highest BCUT2D eigenvalue weighted by atomic mass is 35.5. The molecule has 33 heavy (non-hydrogen) atoms. The summed E-state index contributed by atoms with van der Waals surface area (Å²) >= 11 is 6.06. The molecule has 2 aromatic rings. The summed E-state index contributed by atoms with van der Waals surface area (Å²) in [5.41, 5.74) is 1.83. The summed E-state index contributed by atoms with van der Waals surface area (Å²) in [7, 11) is 0. The molecule has 0 unspecified atom stereocenters. The molecule has 0 aromatic heterocycles. The van der Waals surface area contributed by atoms with Crippen LogP contribution in [0.3, 0.4) is 0 Å². The predicted octanol–water partition coefficient (Wildman–Crippen LogP) is 5.08. The Kier molecular flexibility index (Phi) is 10.5. The average Bonchev–Trinajstić information content (AvgIpc) is 2.86. The van der Waals surface area contributed by atoms with E-state index in [1.807, 2.05) is 69.6 Å². The Morgan fingerprint density at radius 2 is 1.58 bits per heavy atom. The molecule has 2 aromatic carbocycles. The zero-order valence-corrected chi connectivity index (χ0v) is 20.9. The molecule has 2 aliphatic rings. The summed E-state index contributed by atoms with van der Waals surface area (Å²) in [5, 5.41) is 0.709. The number of ether oxygens (including phenoxy) is 2. The zero-order valence-electron chi connectivity index (χ0n) is 20.2. The van der Waals surface area contributed by atoms with E-state index in [1.165, 1.54) is 0 Å². The van der Waals surface area contributed by atoms with E-state index in [0.717, 1.165) is 88.3 Å². The number of halogens is 1. The van der Waals surface area contributed by atoms with Crippen LogP contribution in [0.5, 0.6) is 11.5 Å². The van der Waals surface area contributed by atoms with E-state index < -0.39 is 0 Å². The molecule has 180 valence electrons. The number of aryl methyl sites for hydroxylation is 1. The van der Waals surface area contributed by atoms with Crippen LogP contribution >= 0.6 is 11.6 Å². The molecule has 2 aliphatic heterocycles. The highest BCUT2D eigenvalue weighted by molar-refractivity contribution is 6.30. The molecule has 0 radical (unpaired) electrons. The van der Waals surface area contributed by atoms with E-state index >= 15 is 0 Å². The Labute approximate surface area is 203 Å². The van der Waals surface area contributed by atoms with Crippen molar-refractivity contribution in [1.29, 1.82) is 0 Å². The summed E-state index contributed by atoms with van der Waals surface area (Å²) < 4.78 is 11.6. The van der Waals surface area contributed by atoms with E-state index in [4.69, 9.17) is 26.1 Å². The number of morpholine rings is 1. The van der Waals surface area contributed by atoms with Gasteiger partial charge in [0.1, 0.15) is 11.4 Å². The molecule has 0 N–H and O–H groups in total. The SMILES string of the molecule is CC.Cc1cc(Cl)ccc1Oc1ccccc1N=CN1CCN(CCN2CCOCC2)CC1. The van der Waals surface area contributed by atoms with E-state index in [0.29, 0.717) is 5.02 Å². The normalized spacial score (nSPS) is 17.6. The third-order valence-corrected chi connectivity index (χ3v) is 6.06. The second-order valence-electron chi connectivity index (χ2n) is 8.06. The summed E-state index contributed by atoms with van der Waals surface area (Å²) in [6.45, 7) is 16.2. The molecule has 2 saturated heterocycles. The largest absolute Gasteiger partial charge is 0.455 e. The smallest absolute Gasteiger partial charge is 0.153 e. The fourth-order valence-corrected chi connectivity index (χ4v) is 4.08. The lowest BCUT2D eigenvalue weighted by molar-refractivity contribution is 0.0316. The molecular formula is C26H37ClN4O2. The Hall–Kier alpha value is -2.12. The Morgan fingerprint density at radius 3 is 2.27 bits per heavy atom. The van der Waals surface area contributed by atoms with Gasteiger partial charge in [0.05, 0.1) is 19.6 Å². The lowest BCUT2D eigenvalue weighted by atomic mass is 10.2. The quantitative estimate of drug-likeness (QED) is 0.415. The van der Waals surface area contributed by atoms with Crippen molar-refractivity contribution in [3.8, 4) is 11.5 Å². The van der Waals surface area contributed by atoms with E-state index in [2.05, 4.69) is 14.7 Å². The standard InChI is InChI=1S/C24H31ClN4O2.C2H6/c1-20-18-21(25)6-7-23(20)31-24-5-3-2-4-22(24)26-19-29-12-10-27(11-13-29)8-9-28-14-16-30-17-15-28;1-2/h2-7,18-19H,8-17H2,1H3;1-2H3. The first kappa shape index (κ1) is 25.5. The molecule has 2 heterocycles. The highest BCUT2D eigenvalue weighted by Gasteiger charge is 2.17. The maximum atomic E-state index is 6.13. The van der Waals surface area contributed by atoms with Gasteiger partial charge in [-0.3, -0.25) is 9.80 Å². The van der Waals surface area contributed by atoms with Crippen molar-refractivity contribution >= 4 is 23.6 Å². The third kappa shape index (κ3) is 8.00. The van der Waals surface area contributed by atoms with Crippen molar-refractivity contribution in [2.75, 3.05) is 65.6 Å². The summed E-state index contributed by atoms with van der Waals surface area (Å²) in [6.07, 6.45) is 1.95. The molecule has 2 fully saturated rings.